The van der Waals surface area contributed by atoms with Gasteiger partial charge in [-0.3, -0.25) is 0 Å². The first-order valence-electron chi connectivity index (χ1n) is 30.0. The van der Waals surface area contributed by atoms with E-state index in [9.17, 15) is 0 Å². The summed E-state index contributed by atoms with van der Waals surface area (Å²) in [6, 6.07) is 63.7. The van der Waals surface area contributed by atoms with Gasteiger partial charge in [0.1, 0.15) is 0 Å². The van der Waals surface area contributed by atoms with Gasteiger partial charge in [0, 0.05) is 6.92 Å². The Morgan fingerprint density at radius 2 is 1.15 bits per heavy atom. The summed E-state index contributed by atoms with van der Waals surface area (Å²) in [6.07, 6.45) is 13.3. The second-order valence-corrected chi connectivity index (χ2v) is 24.7. The van der Waals surface area contributed by atoms with Gasteiger partial charge in [0.15, 0.2) is 0 Å². The Labute approximate surface area is 525 Å². The first-order chi connectivity index (χ1) is 41.0. The van der Waals surface area contributed by atoms with Gasteiger partial charge in [0.2, 0.25) is 0 Å². The van der Waals surface area contributed by atoms with Crippen LogP contribution < -0.4 is 8.02 Å². The summed E-state index contributed by atoms with van der Waals surface area (Å²) < 4.78 is 1.36. The van der Waals surface area contributed by atoms with Crippen molar-refractivity contribution < 1.29 is 0 Å². The normalized spacial score (nSPS) is 13.0. The van der Waals surface area contributed by atoms with Crippen molar-refractivity contribution in [2.45, 2.75) is 122 Å². The van der Waals surface area contributed by atoms with Crippen LogP contribution in [0.1, 0.15) is 128 Å². The largest absolute Gasteiger partial charge is 0.199 e. The molecule has 85 heavy (non-hydrogen) atoms. The van der Waals surface area contributed by atoms with Crippen molar-refractivity contribution in [2.24, 2.45) is 20.9 Å². The first kappa shape index (κ1) is 64.5. The minimum Gasteiger partial charge on any atom is -0.199 e. The number of hydrogen-bond acceptors (Lipinski definition) is 3. The van der Waals surface area contributed by atoms with Gasteiger partial charge in [-0.2, -0.15) is 5.26 Å². The molecule has 0 bridgehead atoms. The molecule has 0 amide bonds. The number of aliphatic imine (C=N–C) groups is 3. The number of hydrogen-bond donors (Lipinski definition) is 0. The molecule has 429 valence electrons. The van der Waals surface area contributed by atoms with Gasteiger partial charge in [-0.15, -0.1) is 0 Å². The summed E-state index contributed by atoms with van der Waals surface area (Å²) >= 11 is 0.996. The van der Waals surface area contributed by atoms with Crippen molar-refractivity contribution in [3.8, 4) is 39.4 Å². The van der Waals surface area contributed by atoms with Gasteiger partial charge in [0.25, 0.3) is 0 Å². The number of nitrogens with zero attached hydrogens (tertiary/aromatic N) is 5. The van der Waals surface area contributed by atoms with Crippen molar-refractivity contribution in [1.29, 1.82) is 5.26 Å². The van der Waals surface area contributed by atoms with Crippen LogP contribution >= 0.6 is 0 Å². The molecule has 0 aromatic heterocycles. The molecule has 8 aromatic carbocycles. The molecule has 0 N–H and O–H groups in total. The molecule has 0 spiro atoms. The number of amidine groups is 2. The smallest absolute Gasteiger partial charge is 0.0587 e. The van der Waals surface area contributed by atoms with Crippen molar-refractivity contribution in [3.05, 3.63) is 272 Å². The van der Waals surface area contributed by atoms with Crippen LogP contribution in [0.4, 0.5) is 11.4 Å². The van der Waals surface area contributed by atoms with E-state index in [1.165, 1.54) is 93.7 Å². The van der Waals surface area contributed by atoms with Crippen LogP contribution in [-0.2, 0) is 6.54 Å². The minimum atomic E-state index is 0.453. The Morgan fingerprint density at radius 3 is 1.71 bits per heavy atom. The van der Waals surface area contributed by atoms with Crippen LogP contribution in [-0.4, -0.2) is 44.2 Å². The molecular weight excluding hydrogens is 1230 g/mol. The van der Waals surface area contributed by atoms with Crippen molar-refractivity contribution in [1.82, 2.24) is 0 Å². The Morgan fingerprint density at radius 1 is 0.576 bits per heavy atom. The molecule has 0 saturated carbocycles. The van der Waals surface area contributed by atoms with Gasteiger partial charge in [-0.1, -0.05) is 145 Å². The van der Waals surface area contributed by atoms with E-state index in [2.05, 4.69) is 275 Å². The second kappa shape index (κ2) is 31.2. The second-order valence-electron chi connectivity index (χ2n) is 22.4. The minimum absolute atomic E-state index is 0.453. The predicted molar refractivity (Wildman–Crippen MR) is 369 cm³/mol. The number of allylic oxidation sites excluding steroid dienone is 8. The average molecular weight is 1310 g/mol. The Balaban J connectivity index is 0.000000417. The van der Waals surface area contributed by atoms with Crippen molar-refractivity contribution in [3.63, 3.8) is 0 Å². The molecule has 0 aliphatic heterocycles. The topological polar surface area (TPSA) is 64.1 Å². The van der Waals surface area contributed by atoms with Crippen molar-refractivity contribution >= 4 is 64.2 Å². The van der Waals surface area contributed by atoms with Crippen LogP contribution in [0.25, 0.3) is 39.0 Å². The molecule has 0 heterocycles. The predicted octanol–water partition coefficient (Wildman–Crippen LogP) is 20.5. The fraction of sp³-hybridized carbons (Fsp3) is 0.241. The zero-order valence-corrected chi connectivity index (χ0v) is 56.4. The van der Waals surface area contributed by atoms with E-state index in [4.69, 9.17) is 20.2 Å². The number of aryl methyl sites for hydroxylation is 7. The third-order valence-corrected chi connectivity index (χ3v) is 16.6. The maximum atomic E-state index is 7.32. The monoisotopic (exact) mass is 1310 g/mol. The van der Waals surface area contributed by atoms with Crippen molar-refractivity contribution in [2.75, 3.05) is 4.90 Å². The van der Waals surface area contributed by atoms with Gasteiger partial charge in [-0.25, -0.2) is 0 Å². The van der Waals surface area contributed by atoms with E-state index in [1.807, 2.05) is 13.8 Å². The summed E-state index contributed by atoms with van der Waals surface area (Å²) in [5, 5.41) is 7.32. The van der Waals surface area contributed by atoms with E-state index >= 15 is 0 Å². The quantitative estimate of drug-likeness (QED) is 0.0695. The van der Waals surface area contributed by atoms with E-state index in [0.717, 1.165) is 96.2 Å². The molecule has 3 radical (unpaired) electrons. The Bertz CT molecular complexity index is 3810. The number of nitriles is 1. The molecule has 2 aliphatic rings. The van der Waals surface area contributed by atoms with Crippen LogP contribution in [0.5, 0.6) is 0 Å². The van der Waals surface area contributed by atoms with Crippen LogP contribution in [0.2, 0.25) is 0 Å². The molecular formula is C79H84N5Pb. The third kappa shape index (κ3) is 17.5. The fourth-order valence-corrected chi connectivity index (χ4v) is 11.4. The molecule has 5 nitrogen and oxygen atoms in total. The van der Waals surface area contributed by atoms with E-state index < -0.39 is 0 Å². The maximum absolute atomic E-state index is 7.32. The van der Waals surface area contributed by atoms with E-state index in [1.54, 1.807) is 6.07 Å². The summed E-state index contributed by atoms with van der Waals surface area (Å²) in [5.74, 6) is 1.64. The Kier molecular flexibility index (Phi) is 23.7. The molecule has 0 saturated heterocycles. The molecule has 0 unspecified atom stereocenters. The average Bonchev–Trinajstić information content (AvgIpc) is 2.75. The number of anilines is 2. The zero-order valence-electron chi connectivity index (χ0n) is 52.5. The molecule has 0 atom stereocenters. The molecule has 2 aliphatic carbocycles. The molecule has 0 fully saturated rings. The molecule has 10 rings (SSSR count). The molecule has 8 aromatic rings. The first-order valence-corrected chi connectivity index (χ1v) is 31.9. The van der Waals surface area contributed by atoms with E-state index in [0.29, 0.717) is 24.1 Å². The van der Waals surface area contributed by atoms with Gasteiger partial charge in [0.05, 0.1) is 12.6 Å². The zero-order chi connectivity index (χ0) is 61.2. The van der Waals surface area contributed by atoms with Crippen LogP contribution in [0.3, 0.4) is 0 Å². The van der Waals surface area contributed by atoms with Gasteiger partial charge < -0.3 is 0 Å². The fourth-order valence-electron chi connectivity index (χ4n) is 10.7. The van der Waals surface area contributed by atoms with E-state index in [-0.39, 0.29) is 0 Å². The number of benzene rings is 8. The maximum Gasteiger partial charge on any atom is 0.0587 e. The van der Waals surface area contributed by atoms with Gasteiger partial charge >= 0.3 is 236 Å². The summed E-state index contributed by atoms with van der Waals surface area (Å²) in [7, 11) is 0. The molecule has 6 heteroatoms. The summed E-state index contributed by atoms with van der Waals surface area (Å²) in [5.41, 5.74) is 27.9. The Hall–Kier alpha value is -8.06. The number of rotatable bonds is 12. The van der Waals surface area contributed by atoms with Crippen LogP contribution in [0, 0.1) is 65.7 Å². The van der Waals surface area contributed by atoms with Crippen LogP contribution in [0.15, 0.2) is 226 Å². The standard InChI is InChI=1S/C59H57N4.C16H18.C2H3N.C2H6.Pb/c1-40(2)49-29-30-57(44(6)33-49)63(55-19-12-9-13-20-55)56-37-53(48-27-23-42(4)24-28-48)36-54(38-56)58(60-7)62-59(51-18-14-17-50(35-51)46-15-10-8-11-16-46)61-39-45-31-43(5)32-52(34-45)47-25-21-41(3)22-26-47;1-11-5-7-13(3)15(9-11)16-10-12(2)6-8-14(16)4;1-2-3;1-2;/h10,12-28,31-38,40H,7-8,11,29-30,39H2,1-6H3;5-10H,1-4H3;1H3;1-2H3;. The summed E-state index contributed by atoms with van der Waals surface area (Å²) in [4.78, 5) is 17.9. The van der Waals surface area contributed by atoms with Gasteiger partial charge in [-0.05, 0) is 124 Å². The SMILES string of the molecule is C=NC(=NC(=NCc1cc(C)cc(-c2ccc(C)cc2)c1)c1cccc(C2=CCCC=C2)c1)c1cc(-c2ccc(C)cc2)cc(N(C2=C(C)C=C(C(C)C)CC2)c2cc[c]([Pb])cc2)c1.CC.CC#N.Cc1ccc(C)c(-c2cc(C)ccc2C)c1. The third-order valence-electron chi connectivity index (χ3n) is 15.3. The summed E-state index contributed by atoms with van der Waals surface area (Å²) in [6.45, 7) is 32.0.